The maximum Gasteiger partial charge on any atom is 0.289 e. The van der Waals surface area contributed by atoms with Gasteiger partial charge in [-0.05, 0) is 12.1 Å². The van der Waals surface area contributed by atoms with E-state index in [1.54, 1.807) is 18.2 Å². The van der Waals surface area contributed by atoms with Crippen LogP contribution < -0.4 is 5.32 Å². The van der Waals surface area contributed by atoms with Crippen LogP contribution >= 0.6 is 24.0 Å². The van der Waals surface area contributed by atoms with Gasteiger partial charge < -0.3 is 5.32 Å². The fourth-order valence-corrected chi connectivity index (χ4v) is 2.55. The number of thiol groups is 1. The number of hydrogen-bond acceptors (Lipinski definition) is 4. The molecule has 0 bridgehead atoms. The van der Waals surface area contributed by atoms with Crippen molar-refractivity contribution >= 4 is 40.1 Å². The molecule has 1 heterocycles. The van der Waals surface area contributed by atoms with Gasteiger partial charge in [-0.3, -0.25) is 4.79 Å². The molecule has 0 aliphatic carbocycles. The Kier molecular flexibility index (Phi) is 4.13. The summed E-state index contributed by atoms with van der Waals surface area (Å²) in [4.78, 5) is 15.7. The van der Waals surface area contributed by atoms with Gasteiger partial charge in [0.15, 0.2) is 5.01 Å². The lowest BCUT2D eigenvalue weighted by molar-refractivity contribution is 0.0958. The predicted octanol–water partition coefficient (Wildman–Crippen LogP) is 2.89. The van der Waals surface area contributed by atoms with E-state index in [-0.39, 0.29) is 10.9 Å². The third-order valence-electron chi connectivity index (χ3n) is 2.26. The number of hydrogen-bond donors (Lipinski definition) is 2. The second-order valence-corrected chi connectivity index (χ2v) is 4.96. The van der Waals surface area contributed by atoms with Crippen molar-refractivity contribution < 1.29 is 13.6 Å². The first-order valence-electron chi connectivity index (χ1n) is 5.20. The lowest BCUT2D eigenvalue weighted by Crippen LogP contribution is -2.25. The molecule has 1 amide bonds. The predicted molar refractivity (Wildman–Crippen MR) is 70.8 cm³/mol. The Bertz CT molecular complexity index is 571. The van der Waals surface area contributed by atoms with Crippen LogP contribution in [0.5, 0.6) is 0 Å². The molecule has 0 saturated carbocycles. The Morgan fingerprint density at radius 1 is 1.50 bits per heavy atom. The van der Waals surface area contributed by atoms with Crippen molar-refractivity contribution in [1.29, 1.82) is 0 Å². The van der Waals surface area contributed by atoms with Crippen molar-refractivity contribution in [3.63, 3.8) is 0 Å². The Balaban J connectivity index is 2.41. The van der Waals surface area contributed by atoms with Crippen LogP contribution in [0, 0.1) is 0 Å². The van der Waals surface area contributed by atoms with E-state index in [0.717, 1.165) is 11.3 Å². The zero-order valence-electron chi connectivity index (χ0n) is 9.19. The molecule has 0 radical (unpaired) electrons. The quantitative estimate of drug-likeness (QED) is 0.849. The average Bonchev–Trinajstić information content (AvgIpc) is 2.79. The van der Waals surface area contributed by atoms with Crippen molar-refractivity contribution in [3.05, 3.63) is 28.8 Å². The molecule has 7 heteroatoms. The highest BCUT2D eigenvalue weighted by molar-refractivity contribution is 7.80. The van der Waals surface area contributed by atoms with Crippen LogP contribution in [0.3, 0.4) is 0 Å². The van der Waals surface area contributed by atoms with Crippen molar-refractivity contribution in [2.45, 2.75) is 6.43 Å². The van der Waals surface area contributed by atoms with Crippen molar-refractivity contribution in [2.75, 3.05) is 12.3 Å². The summed E-state index contributed by atoms with van der Waals surface area (Å²) in [6, 6.07) is 4.85. The van der Waals surface area contributed by atoms with E-state index >= 15 is 0 Å². The van der Waals surface area contributed by atoms with Gasteiger partial charge in [0.1, 0.15) is 0 Å². The number of thiazole rings is 1. The highest BCUT2D eigenvalue weighted by Gasteiger charge is 2.17. The molecule has 1 aromatic heterocycles. The van der Waals surface area contributed by atoms with Gasteiger partial charge in [0.25, 0.3) is 12.3 Å². The highest BCUT2D eigenvalue weighted by atomic mass is 32.1. The van der Waals surface area contributed by atoms with Gasteiger partial charge >= 0.3 is 0 Å². The molecule has 0 atom stereocenters. The molecule has 0 aliphatic heterocycles. The normalized spacial score (nSPS) is 11.1. The number of benzene rings is 1. The molecule has 1 N–H and O–H groups in total. The summed E-state index contributed by atoms with van der Waals surface area (Å²) in [6.07, 6.45) is -2.62. The molecule has 0 unspecified atom stereocenters. The Morgan fingerprint density at radius 3 is 2.94 bits per heavy atom. The number of carbonyl (C=O) groups excluding carboxylic acids is 1. The smallest absolute Gasteiger partial charge is 0.289 e. The van der Waals surface area contributed by atoms with E-state index in [4.69, 9.17) is 0 Å². The number of aromatic nitrogens is 1. The standard InChI is InChI=1S/C11H10F2N2OS2/c12-9(13)11-15-7-3-1-2-6(8(7)18-11)10(16)14-4-5-17/h1-3,9,17H,4-5H2,(H,14,16). The van der Waals surface area contributed by atoms with Crippen LogP contribution in [0.15, 0.2) is 18.2 Å². The summed E-state index contributed by atoms with van der Waals surface area (Å²) in [5.41, 5.74) is 0.799. The first-order chi connectivity index (χ1) is 8.63. The van der Waals surface area contributed by atoms with Gasteiger partial charge in [-0.15, -0.1) is 11.3 Å². The van der Waals surface area contributed by atoms with Crippen LogP contribution in [-0.4, -0.2) is 23.2 Å². The van der Waals surface area contributed by atoms with E-state index in [1.807, 2.05) is 0 Å². The lowest BCUT2D eigenvalue weighted by Gasteiger charge is -2.03. The summed E-state index contributed by atoms with van der Waals surface area (Å²) in [5, 5.41) is 2.39. The Labute approximate surface area is 112 Å². The summed E-state index contributed by atoms with van der Waals surface area (Å²) in [7, 11) is 0. The highest BCUT2D eigenvalue weighted by Crippen LogP contribution is 2.31. The summed E-state index contributed by atoms with van der Waals surface area (Å²) >= 11 is 4.84. The van der Waals surface area contributed by atoms with E-state index in [0.29, 0.717) is 28.1 Å². The second kappa shape index (κ2) is 5.62. The van der Waals surface area contributed by atoms with Gasteiger partial charge in [-0.1, -0.05) is 6.07 Å². The minimum Gasteiger partial charge on any atom is -0.351 e. The molecule has 1 aromatic carbocycles. The maximum absolute atomic E-state index is 12.6. The topological polar surface area (TPSA) is 42.0 Å². The van der Waals surface area contributed by atoms with Gasteiger partial charge in [0.2, 0.25) is 0 Å². The molecule has 0 fully saturated rings. The largest absolute Gasteiger partial charge is 0.351 e. The molecular formula is C11H10F2N2OS2. The van der Waals surface area contributed by atoms with E-state index < -0.39 is 6.43 Å². The minimum atomic E-state index is -2.62. The number of nitrogens with one attached hydrogen (secondary N) is 1. The molecule has 3 nitrogen and oxygen atoms in total. The number of halogens is 2. The van der Waals surface area contributed by atoms with Crippen LogP contribution in [0.25, 0.3) is 10.2 Å². The number of fused-ring (bicyclic) bond motifs is 1. The third-order valence-corrected chi connectivity index (χ3v) is 3.60. The lowest BCUT2D eigenvalue weighted by atomic mass is 10.2. The monoisotopic (exact) mass is 288 g/mol. The fraction of sp³-hybridized carbons (Fsp3) is 0.273. The molecule has 18 heavy (non-hydrogen) atoms. The first-order valence-corrected chi connectivity index (χ1v) is 6.65. The number of carbonyl (C=O) groups is 1. The first kappa shape index (κ1) is 13.2. The van der Waals surface area contributed by atoms with E-state index in [1.165, 1.54) is 0 Å². The van der Waals surface area contributed by atoms with Gasteiger partial charge in [-0.2, -0.15) is 12.6 Å². The molecule has 0 spiro atoms. The summed E-state index contributed by atoms with van der Waals surface area (Å²) in [6.45, 7) is 0.429. The van der Waals surface area contributed by atoms with Crippen LogP contribution in [-0.2, 0) is 0 Å². The van der Waals surface area contributed by atoms with Crippen LogP contribution in [0.1, 0.15) is 21.8 Å². The maximum atomic E-state index is 12.6. The van der Waals surface area contributed by atoms with Gasteiger partial charge in [-0.25, -0.2) is 13.8 Å². The van der Waals surface area contributed by atoms with Gasteiger partial charge in [0.05, 0.1) is 15.8 Å². The van der Waals surface area contributed by atoms with E-state index in [2.05, 4.69) is 22.9 Å². The molecule has 0 aliphatic rings. The molecule has 2 aromatic rings. The molecule has 96 valence electrons. The van der Waals surface area contributed by atoms with Crippen molar-refractivity contribution in [1.82, 2.24) is 10.3 Å². The Morgan fingerprint density at radius 2 is 2.28 bits per heavy atom. The average molecular weight is 288 g/mol. The van der Waals surface area contributed by atoms with Crippen LogP contribution in [0.2, 0.25) is 0 Å². The van der Waals surface area contributed by atoms with E-state index in [9.17, 15) is 13.6 Å². The number of nitrogens with zero attached hydrogens (tertiary/aromatic N) is 1. The minimum absolute atomic E-state index is 0.264. The molecule has 0 saturated heterocycles. The SMILES string of the molecule is O=C(NCCS)c1cccc2nc(C(F)F)sc12. The second-order valence-electron chi connectivity index (χ2n) is 3.49. The summed E-state index contributed by atoms with van der Waals surface area (Å²) < 4.78 is 25.6. The van der Waals surface area contributed by atoms with Crippen molar-refractivity contribution in [2.24, 2.45) is 0 Å². The zero-order chi connectivity index (χ0) is 13.1. The number of alkyl halides is 2. The van der Waals surface area contributed by atoms with Crippen LogP contribution in [0.4, 0.5) is 8.78 Å². The molecule has 2 rings (SSSR count). The third kappa shape index (κ3) is 2.62. The number of amides is 1. The Hall–Kier alpha value is -1.21. The fourth-order valence-electron chi connectivity index (χ4n) is 1.50. The van der Waals surface area contributed by atoms with Gasteiger partial charge in [0, 0.05) is 12.3 Å². The summed E-state index contributed by atoms with van der Waals surface area (Å²) in [5.74, 6) is 0.228. The number of rotatable bonds is 4. The zero-order valence-corrected chi connectivity index (χ0v) is 10.9. The van der Waals surface area contributed by atoms with Crippen molar-refractivity contribution in [3.8, 4) is 0 Å². The molecular weight excluding hydrogens is 278 g/mol.